The van der Waals surface area contributed by atoms with Crippen LogP contribution in [0, 0.1) is 11.8 Å². The molecule has 1 saturated carbocycles. The third-order valence-corrected chi connectivity index (χ3v) is 7.33. The van der Waals surface area contributed by atoms with Gasteiger partial charge in [-0.05, 0) is 43.3 Å². The minimum atomic E-state index is -2.58. The molecule has 1 fully saturated rings. The highest BCUT2D eigenvalue weighted by Crippen LogP contribution is 2.61. The van der Waals surface area contributed by atoms with E-state index in [0.717, 1.165) is 21.6 Å². The molecule has 2 aromatic heterocycles. The van der Waals surface area contributed by atoms with E-state index in [9.17, 15) is 8.78 Å². The number of nitrogens with two attached hydrogens (primary N) is 1. The zero-order valence-electron chi connectivity index (χ0n) is 15.1. The normalized spacial score (nSPS) is 25.3. The van der Waals surface area contributed by atoms with Gasteiger partial charge in [0, 0.05) is 46.0 Å². The largest absolute Gasteiger partial charge is 0.378 e. The number of hydrogen-bond acceptors (Lipinski definition) is 5. The Bertz CT molecular complexity index is 978. The van der Waals surface area contributed by atoms with Crippen molar-refractivity contribution in [3.8, 4) is 23.0 Å². The first-order valence-electron chi connectivity index (χ1n) is 8.62. The van der Waals surface area contributed by atoms with Crippen LogP contribution in [0.2, 0.25) is 0 Å². The number of amidine groups is 1. The summed E-state index contributed by atoms with van der Waals surface area (Å²) in [6.45, 7) is 3.78. The van der Waals surface area contributed by atoms with Crippen molar-refractivity contribution >= 4 is 28.3 Å². The lowest BCUT2D eigenvalue weighted by Crippen LogP contribution is -2.55. The molecule has 0 bridgehead atoms. The highest BCUT2D eigenvalue weighted by molar-refractivity contribution is 8.15. The van der Waals surface area contributed by atoms with E-state index in [1.165, 1.54) is 11.8 Å². The van der Waals surface area contributed by atoms with Gasteiger partial charge >= 0.3 is 0 Å². The first kappa shape index (κ1) is 18.5. The van der Waals surface area contributed by atoms with E-state index in [4.69, 9.17) is 5.73 Å². The van der Waals surface area contributed by atoms with Crippen molar-refractivity contribution in [1.29, 1.82) is 0 Å². The van der Waals surface area contributed by atoms with Crippen LogP contribution in [0.1, 0.15) is 43.6 Å². The smallest absolute Gasteiger partial charge is 0.250 e. The summed E-state index contributed by atoms with van der Waals surface area (Å²) in [6, 6.07) is 4.07. The summed E-state index contributed by atoms with van der Waals surface area (Å²) >= 11 is 2.90. The van der Waals surface area contributed by atoms with E-state index in [0.29, 0.717) is 11.6 Å². The molecular formula is C20H19F2N3S2. The van der Waals surface area contributed by atoms with E-state index in [1.807, 2.05) is 13.0 Å². The minimum absolute atomic E-state index is 0.129. The maximum Gasteiger partial charge on any atom is 0.250 e. The Balaban J connectivity index is 1.65. The second-order valence-electron chi connectivity index (χ2n) is 7.43. The van der Waals surface area contributed by atoms with Crippen LogP contribution in [0.4, 0.5) is 8.78 Å². The number of halogens is 2. The molecule has 0 radical (unpaired) electrons. The van der Waals surface area contributed by atoms with Gasteiger partial charge in [0.1, 0.15) is 0 Å². The van der Waals surface area contributed by atoms with E-state index in [2.05, 4.69) is 33.3 Å². The minimum Gasteiger partial charge on any atom is -0.378 e. The van der Waals surface area contributed by atoms with Crippen molar-refractivity contribution in [3.63, 3.8) is 0 Å². The van der Waals surface area contributed by atoms with Crippen molar-refractivity contribution < 1.29 is 8.78 Å². The zero-order valence-corrected chi connectivity index (χ0v) is 16.7. The quantitative estimate of drug-likeness (QED) is 0.717. The number of pyridine rings is 1. The number of alkyl halides is 2. The van der Waals surface area contributed by atoms with E-state index < -0.39 is 16.2 Å². The van der Waals surface area contributed by atoms with Gasteiger partial charge in [-0.1, -0.05) is 17.7 Å². The van der Waals surface area contributed by atoms with E-state index >= 15 is 0 Å². The van der Waals surface area contributed by atoms with Crippen molar-refractivity contribution in [2.75, 3.05) is 0 Å². The average Bonchev–Trinajstić information content (AvgIpc) is 3.03. The molecule has 3 heterocycles. The Labute approximate surface area is 165 Å². The van der Waals surface area contributed by atoms with Crippen LogP contribution in [0.25, 0.3) is 11.1 Å². The van der Waals surface area contributed by atoms with Crippen LogP contribution in [0.15, 0.2) is 34.9 Å². The van der Waals surface area contributed by atoms with E-state index in [1.54, 1.807) is 30.7 Å². The molecule has 1 aliphatic carbocycles. The summed E-state index contributed by atoms with van der Waals surface area (Å²) in [5.74, 6) is 3.31. The Morgan fingerprint density at radius 3 is 2.63 bits per heavy atom. The van der Waals surface area contributed by atoms with E-state index in [-0.39, 0.29) is 12.8 Å². The van der Waals surface area contributed by atoms with Gasteiger partial charge < -0.3 is 5.73 Å². The van der Waals surface area contributed by atoms with Gasteiger partial charge in [0.15, 0.2) is 5.17 Å². The maximum atomic E-state index is 13.6. The molecule has 27 heavy (non-hydrogen) atoms. The molecular weight excluding hydrogens is 384 g/mol. The van der Waals surface area contributed by atoms with Gasteiger partial charge in [-0.25, -0.2) is 8.78 Å². The van der Waals surface area contributed by atoms with Crippen LogP contribution >= 0.6 is 23.1 Å². The fourth-order valence-corrected chi connectivity index (χ4v) is 6.64. The van der Waals surface area contributed by atoms with Gasteiger partial charge in [0.05, 0.1) is 5.54 Å². The number of aromatic nitrogens is 1. The molecule has 7 heteroatoms. The highest BCUT2D eigenvalue weighted by atomic mass is 32.2. The number of nitrogens with zero attached hydrogens (tertiary/aromatic N) is 2. The standard InChI is InChI=1S/C20H19F2N3S2/c1-3-4-13-5-14(8-24-7-13)15-6-16(26-9-15)18(2)10-19(27-17(23)25-18)11-20(21,22)12-19/h5-9H,10-12H2,1-2H3,(H2,23,25). The fraction of sp³-hybridized carbons (Fsp3) is 0.400. The monoisotopic (exact) mass is 403 g/mol. The van der Waals surface area contributed by atoms with Crippen LogP contribution in [-0.2, 0) is 5.54 Å². The van der Waals surface area contributed by atoms with Crippen molar-refractivity contribution in [2.24, 2.45) is 10.7 Å². The Kier molecular flexibility index (Phi) is 4.32. The second-order valence-corrected chi connectivity index (χ2v) is 9.83. The lowest BCUT2D eigenvalue weighted by atomic mass is 9.72. The third-order valence-electron chi connectivity index (χ3n) is 4.98. The van der Waals surface area contributed by atoms with Crippen LogP contribution in [0.3, 0.4) is 0 Å². The predicted molar refractivity (Wildman–Crippen MR) is 108 cm³/mol. The van der Waals surface area contributed by atoms with Crippen LogP contribution in [0.5, 0.6) is 0 Å². The molecule has 1 unspecified atom stereocenters. The number of thiophene rings is 1. The van der Waals surface area contributed by atoms with Crippen molar-refractivity contribution in [1.82, 2.24) is 4.98 Å². The number of rotatable bonds is 2. The molecule has 0 amide bonds. The maximum absolute atomic E-state index is 13.6. The zero-order chi connectivity index (χ0) is 19.3. The lowest BCUT2D eigenvalue weighted by Gasteiger charge is -2.51. The second kappa shape index (κ2) is 6.32. The predicted octanol–water partition coefficient (Wildman–Crippen LogP) is 5.02. The molecule has 2 N–H and O–H groups in total. The lowest BCUT2D eigenvalue weighted by molar-refractivity contribution is -0.101. The number of hydrogen-bond donors (Lipinski definition) is 1. The first-order chi connectivity index (χ1) is 12.7. The van der Waals surface area contributed by atoms with Crippen LogP contribution in [-0.4, -0.2) is 20.8 Å². The number of aliphatic imine (C=N–C) groups is 1. The number of thioether (sulfide) groups is 1. The summed E-state index contributed by atoms with van der Waals surface area (Å²) < 4.78 is 26.6. The van der Waals surface area contributed by atoms with Crippen molar-refractivity contribution in [2.45, 2.75) is 49.3 Å². The summed E-state index contributed by atoms with van der Waals surface area (Å²) in [6.07, 6.45) is 3.85. The summed E-state index contributed by atoms with van der Waals surface area (Å²) in [5, 5.41) is 2.45. The molecule has 2 aliphatic rings. The molecule has 4 rings (SSSR count). The van der Waals surface area contributed by atoms with Crippen molar-refractivity contribution in [3.05, 3.63) is 40.3 Å². The Morgan fingerprint density at radius 1 is 1.15 bits per heavy atom. The summed E-state index contributed by atoms with van der Waals surface area (Å²) in [5.41, 5.74) is 8.33. The Morgan fingerprint density at radius 2 is 1.93 bits per heavy atom. The van der Waals surface area contributed by atoms with Gasteiger partial charge in [0.25, 0.3) is 5.92 Å². The van der Waals surface area contributed by atoms with Gasteiger partial charge in [-0.3, -0.25) is 9.98 Å². The molecule has 0 saturated heterocycles. The Hall–Kier alpha value is -1.91. The molecule has 1 spiro atoms. The SMILES string of the molecule is CC#Cc1cncc(-c2csc(C3(C)CC4(CC(F)(F)C4)SC(N)=N3)c2)c1. The first-order valence-corrected chi connectivity index (χ1v) is 10.3. The molecule has 140 valence electrons. The highest BCUT2D eigenvalue weighted by Gasteiger charge is 2.61. The molecule has 2 aromatic rings. The molecule has 0 aromatic carbocycles. The third kappa shape index (κ3) is 3.48. The van der Waals surface area contributed by atoms with Gasteiger partial charge in [-0.2, -0.15) is 0 Å². The average molecular weight is 404 g/mol. The van der Waals surface area contributed by atoms with Crippen LogP contribution < -0.4 is 5.73 Å². The topological polar surface area (TPSA) is 51.3 Å². The van der Waals surface area contributed by atoms with Gasteiger partial charge in [0.2, 0.25) is 0 Å². The summed E-state index contributed by atoms with van der Waals surface area (Å²) in [7, 11) is 0. The molecule has 3 nitrogen and oxygen atoms in total. The fourth-order valence-electron chi connectivity index (χ4n) is 4.00. The molecule has 1 atom stereocenters. The summed E-state index contributed by atoms with van der Waals surface area (Å²) in [4.78, 5) is 9.94. The van der Waals surface area contributed by atoms with Gasteiger partial charge in [-0.15, -0.1) is 17.3 Å². The molecule has 1 aliphatic heterocycles.